The molecule has 9 heteroatoms. The molecule has 1 aromatic rings. The van der Waals surface area contributed by atoms with Gasteiger partial charge in [-0.1, -0.05) is 0 Å². The highest BCUT2D eigenvalue weighted by molar-refractivity contribution is 7.88. The molecule has 0 bridgehead atoms. The van der Waals surface area contributed by atoms with Gasteiger partial charge < -0.3 is 19.5 Å². The first-order valence-electron chi connectivity index (χ1n) is 8.19. The Hall–Kier alpha value is -2.00. The van der Waals surface area contributed by atoms with Gasteiger partial charge in [0.05, 0.1) is 18.7 Å². The van der Waals surface area contributed by atoms with Crippen LogP contribution in [0.1, 0.15) is 12.8 Å². The van der Waals surface area contributed by atoms with Gasteiger partial charge in [0.2, 0.25) is 22.7 Å². The smallest absolute Gasteiger partial charge is 0.231 e. The number of nitrogens with zero attached hydrogens (tertiary/aromatic N) is 1. The van der Waals surface area contributed by atoms with Gasteiger partial charge in [-0.05, 0) is 25.0 Å². The van der Waals surface area contributed by atoms with E-state index >= 15 is 0 Å². The number of sulfonamides is 1. The van der Waals surface area contributed by atoms with Gasteiger partial charge in [0.1, 0.15) is 12.4 Å². The fraction of sp³-hybridized carbons (Fsp3) is 0.562. The zero-order chi connectivity index (χ0) is 17.9. The number of amides is 1. The van der Waals surface area contributed by atoms with Crippen molar-refractivity contribution < 1.29 is 27.4 Å². The lowest BCUT2D eigenvalue weighted by atomic mass is 9.99. The van der Waals surface area contributed by atoms with Gasteiger partial charge in [0.15, 0.2) is 11.5 Å². The van der Waals surface area contributed by atoms with Crippen LogP contribution in [0.4, 0.5) is 0 Å². The lowest BCUT2D eigenvalue weighted by molar-refractivity contribution is -0.126. The van der Waals surface area contributed by atoms with Crippen molar-refractivity contribution in [2.45, 2.75) is 12.8 Å². The molecule has 1 saturated heterocycles. The molecule has 0 saturated carbocycles. The Morgan fingerprint density at radius 1 is 1.36 bits per heavy atom. The molecular formula is C16H22N2O6S. The number of fused-ring (bicyclic) bond motifs is 1. The minimum atomic E-state index is -3.25. The Morgan fingerprint density at radius 2 is 2.16 bits per heavy atom. The van der Waals surface area contributed by atoms with Crippen molar-refractivity contribution in [2.24, 2.45) is 5.92 Å². The van der Waals surface area contributed by atoms with E-state index < -0.39 is 10.0 Å². The van der Waals surface area contributed by atoms with E-state index in [0.717, 1.165) is 0 Å². The molecule has 1 N–H and O–H groups in total. The first-order valence-corrected chi connectivity index (χ1v) is 10.0. The molecule has 138 valence electrons. The number of nitrogens with one attached hydrogen (secondary N) is 1. The molecule has 1 atom stereocenters. The van der Waals surface area contributed by atoms with Crippen molar-refractivity contribution in [3.8, 4) is 17.2 Å². The topological polar surface area (TPSA) is 94.2 Å². The molecule has 1 unspecified atom stereocenters. The van der Waals surface area contributed by atoms with Crippen LogP contribution in [-0.2, 0) is 14.8 Å². The quantitative estimate of drug-likeness (QED) is 0.737. The number of benzene rings is 1. The van der Waals surface area contributed by atoms with Crippen LogP contribution in [0.15, 0.2) is 18.2 Å². The van der Waals surface area contributed by atoms with Crippen molar-refractivity contribution in [1.82, 2.24) is 9.62 Å². The molecule has 1 fully saturated rings. The number of carbonyl (C=O) groups is 1. The highest BCUT2D eigenvalue weighted by Crippen LogP contribution is 2.34. The van der Waals surface area contributed by atoms with Crippen LogP contribution in [0.2, 0.25) is 0 Å². The largest absolute Gasteiger partial charge is 0.492 e. The van der Waals surface area contributed by atoms with Gasteiger partial charge >= 0.3 is 0 Å². The molecule has 0 spiro atoms. The highest BCUT2D eigenvalue weighted by atomic mass is 32.2. The van der Waals surface area contributed by atoms with E-state index in [9.17, 15) is 13.2 Å². The summed E-state index contributed by atoms with van der Waals surface area (Å²) >= 11 is 0. The molecule has 0 aromatic heterocycles. The third-order valence-corrected chi connectivity index (χ3v) is 5.51. The zero-order valence-corrected chi connectivity index (χ0v) is 14.9. The molecule has 8 nitrogen and oxygen atoms in total. The van der Waals surface area contributed by atoms with E-state index in [1.807, 2.05) is 0 Å². The van der Waals surface area contributed by atoms with Crippen molar-refractivity contribution in [3.63, 3.8) is 0 Å². The second kappa shape index (κ2) is 7.49. The van der Waals surface area contributed by atoms with Crippen molar-refractivity contribution >= 4 is 15.9 Å². The van der Waals surface area contributed by atoms with E-state index in [1.54, 1.807) is 18.2 Å². The Kier molecular flexibility index (Phi) is 5.33. The van der Waals surface area contributed by atoms with Crippen LogP contribution in [0.25, 0.3) is 0 Å². The average Bonchev–Trinajstić information content (AvgIpc) is 3.05. The van der Waals surface area contributed by atoms with Crippen LogP contribution in [0.5, 0.6) is 17.2 Å². The summed E-state index contributed by atoms with van der Waals surface area (Å²) in [4.78, 5) is 12.2. The first-order chi connectivity index (χ1) is 11.9. The average molecular weight is 370 g/mol. The maximum Gasteiger partial charge on any atom is 0.231 e. The Labute approximate surface area is 147 Å². The molecule has 1 amide bonds. The molecular weight excluding hydrogens is 348 g/mol. The fourth-order valence-corrected chi connectivity index (χ4v) is 3.82. The standard InChI is InChI=1S/C16H22N2O6S/c1-25(20,21)18-7-2-3-12(10-18)16(19)17-6-8-22-13-4-5-14-15(9-13)24-11-23-14/h4-5,9,12H,2-3,6-8,10-11H2,1H3,(H,17,19). The van der Waals surface area contributed by atoms with Gasteiger partial charge in [-0.15, -0.1) is 0 Å². The van der Waals surface area contributed by atoms with Crippen molar-refractivity contribution in [1.29, 1.82) is 0 Å². The molecule has 25 heavy (non-hydrogen) atoms. The molecule has 0 radical (unpaired) electrons. The number of piperidine rings is 1. The van der Waals surface area contributed by atoms with Crippen LogP contribution in [-0.4, -0.2) is 57.9 Å². The van der Waals surface area contributed by atoms with E-state index in [4.69, 9.17) is 14.2 Å². The monoisotopic (exact) mass is 370 g/mol. The minimum absolute atomic E-state index is 0.136. The van der Waals surface area contributed by atoms with Crippen LogP contribution < -0.4 is 19.5 Å². The van der Waals surface area contributed by atoms with Crippen LogP contribution in [0, 0.1) is 5.92 Å². The third-order valence-electron chi connectivity index (χ3n) is 4.24. The lowest BCUT2D eigenvalue weighted by Gasteiger charge is -2.30. The van der Waals surface area contributed by atoms with Crippen LogP contribution >= 0.6 is 0 Å². The molecule has 2 heterocycles. The van der Waals surface area contributed by atoms with E-state index in [0.29, 0.717) is 49.8 Å². The highest BCUT2D eigenvalue weighted by Gasteiger charge is 2.29. The predicted octanol–water partition coefficient (Wildman–Crippen LogP) is 0.582. The molecule has 3 rings (SSSR count). The van der Waals surface area contributed by atoms with E-state index in [1.165, 1.54) is 10.6 Å². The summed E-state index contributed by atoms with van der Waals surface area (Å²) in [7, 11) is -3.25. The number of hydrogen-bond acceptors (Lipinski definition) is 6. The summed E-state index contributed by atoms with van der Waals surface area (Å²) in [5.41, 5.74) is 0. The second-order valence-corrected chi connectivity index (χ2v) is 8.10. The predicted molar refractivity (Wildman–Crippen MR) is 90.2 cm³/mol. The Balaban J connectivity index is 1.42. The molecule has 2 aliphatic heterocycles. The third kappa shape index (κ3) is 4.55. The van der Waals surface area contributed by atoms with E-state index in [-0.39, 0.29) is 25.2 Å². The maximum atomic E-state index is 12.2. The number of ether oxygens (including phenoxy) is 3. The summed E-state index contributed by atoms with van der Waals surface area (Å²) < 4.78 is 40.7. The SMILES string of the molecule is CS(=O)(=O)N1CCCC(C(=O)NCCOc2ccc3c(c2)OCO3)C1. The maximum absolute atomic E-state index is 12.2. The number of rotatable bonds is 6. The van der Waals surface area contributed by atoms with Gasteiger partial charge in [-0.2, -0.15) is 0 Å². The minimum Gasteiger partial charge on any atom is -0.492 e. The number of hydrogen-bond donors (Lipinski definition) is 1. The molecule has 1 aromatic carbocycles. The van der Waals surface area contributed by atoms with Gasteiger partial charge in [-0.25, -0.2) is 12.7 Å². The van der Waals surface area contributed by atoms with Gasteiger partial charge in [-0.3, -0.25) is 4.79 Å². The summed E-state index contributed by atoms with van der Waals surface area (Å²) in [6, 6.07) is 5.30. The van der Waals surface area contributed by atoms with E-state index in [2.05, 4.69) is 5.32 Å². The zero-order valence-electron chi connectivity index (χ0n) is 14.1. The van der Waals surface area contributed by atoms with Gasteiger partial charge in [0, 0.05) is 19.2 Å². The summed E-state index contributed by atoms with van der Waals surface area (Å²) in [5, 5.41) is 2.81. The lowest BCUT2D eigenvalue weighted by Crippen LogP contribution is -2.45. The summed E-state index contributed by atoms with van der Waals surface area (Å²) in [5.74, 6) is 1.52. The Morgan fingerprint density at radius 3 is 2.96 bits per heavy atom. The Bertz CT molecular complexity index is 736. The van der Waals surface area contributed by atoms with Crippen molar-refractivity contribution in [2.75, 3.05) is 39.3 Å². The molecule has 2 aliphatic rings. The normalized spacial score (nSPS) is 20.3. The summed E-state index contributed by atoms with van der Waals surface area (Å²) in [6.45, 7) is 1.60. The summed E-state index contributed by atoms with van der Waals surface area (Å²) in [6.07, 6.45) is 2.56. The first kappa shape index (κ1) is 17.8. The van der Waals surface area contributed by atoms with Gasteiger partial charge in [0.25, 0.3) is 0 Å². The molecule has 0 aliphatic carbocycles. The van der Waals surface area contributed by atoms with Crippen molar-refractivity contribution in [3.05, 3.63) is 18.2 Å². The number of carbonyl (C=O) groups excluding carboxylic acids is 1. The fourth-order valence-electron chi connectivity index (χ4n) is 2.91. The second-order valence-electron chi connectivity index (χ2n) is 6.11. The van der Waals surface area contributed by atoms with Crippen LogP contribution in [0.3, 0.4) is 0 Å².